The van der Waals surface area contributed by atoms with Crippen molar-refractivity contribution in [1.82, 2.24) is 0 Å². The molecule has 0 N–H and O–H groups in total. The lowest BCUT2D eigenvalue weighted by Crippen LogP contribution is -1.94. The van der Waals surface area contributed by atoms with Gasteiger partial charge >= 0.3 is 0 Å². The molecule has 2 aromatic rings. The Morgan fingerprint density at radius 3 is 2.68 bits per heavy atom. The van der Waals surface area contributed by atoms with E-state index >= 15 is 0 Å². The average Bonchev–Trinajstić information content (AvgIpc) is 2.52. The van der Waals surface area contributed by atoms with Crippen molar-refractivity contribution >= 4 is 35.3 Å². The Hall–Kier alpha value is -2.05. The summed E-state index contributed by atoms with van der Waals surface area (Å²) >= 11 is 7.24. The number of nitro groups is 1. The van der Waals surface area contributed by atoms with Gasteiger partial charge in [0, 0.05) is 22.4 Å². The number of nitro benzene ring substituents is 1. The molecule has 2 rings (SSSR count). The van der Waals surface area contributed by atoms with E-state index in [1.807, 2.05) is 12.1 Å². The highest BCUT2D eigenvalue weighted by atomic mass is 35.5. The second-order valence-electron chi connectivity index (χ2n) is 4.32. The number of rotatable bonds is 6. The molecule has 0 saturated heterocycles. The van der Waals surface area contributed by atoms with Gasteiger partial charge in [-0.15, -0.1) is 11.8 Å². The summed E-state index contributed by atoms with van der Waals surface area (Å²) in [7, 11) is 1.42. The lowest BCUT2D eigenvalue weighted by atomic mass is 10.2. The molecule has 22 heavy (non-hydrogen) atoms. The molecule has 0 aromatic heterocycles. The summed E-state index contributed by atoms with van der Waals surface area (Å²) in [5, 5.41) is 15.5. The number of hydrogen-bond acceptors (Lipinski definition) is 5. The standard InChI is InChI=1S/C15H13ClN2O3S/c1-21-17-9-12-4-7-15(14(8-12)18(19)20)22-10-11-2-5-13(16)6-3-11/h2-9H,10H2,1H3. The van der Waals surface area contributed by atoms with Crippen LogP contribution >= 0.6 is 23.4 Å². The van der Waals surface area contributed by atoms with Crippen LogP contribution in [0.15, 0.2) is 52.5 Å². The lowest BCUT2D eigenvalue weighted by Gasteiger charge is -2.04. The van der Waals surface area contributed by atoms with E-state index in [0.29, 0.717) is 21.2 Å². The van der Waals surface area contributed by atoms with Gasteiger partial charge in [0.15, 0.2) is 0 Å². The molecule has 0 heterocycles. The normalized spacial score (nSPS) is 10.8. The monoisotopic (exact) mass is 336 g/mol. The Morgan fingerprint density at radius 2 is 2.05 bits per heavy atom. The predicted molar refractivity (Wildman–Crippen MR) is 88.7 cm³/mol. The van der Waals surface area contributed by atoms with Crippen LogP contribution in [0.25, 0.3) is 0 Å². The zero-order valence-electron chi connectivity index (χ0n) is 11.7. The fourth-order valence-corrected chi connectivity index (χ4v) is 2.82. The number of nitrogens with zero attached hydrogens (tertiary/aromatic N) is 2. The van der Waals surface area contributed by atoms with Gasteiger partial charge in [0.1, 0.15) is 7.11 Å². The average molecular weight is 337 g/mol. The van der Waals surface area contributed by atoms with Crippen molar-refractivity contribution in [1.29, 1.82) is 0 Å². The molecule has 0 aliphatic carbocycles. The fraction of sp³-hybridized carbons (Fsp3) is 0.133. The Balaban J connectivity index is 2.17. The van der Waals surface area contributed by atoms with Crippen LogP contribution in [-0.2, 0) is 10.6 Å². The van der Waals surface area contributed by atoms with E-state index < -0.39 is 4.92 Å². The van der Waals surface area contributed by atoms with Crippen molar-refractivity contribution in [3.63, 3.8) is 0 Å². The van der Waals surface area contributed by atoms with Gasteiger partial charge in [-0.1, -0.05) is 35.0 Å². The Morgan fingerprint density at radius 1 is 1.32 bits per heavy atom. The maximum Gasteiger partial charge on any atom is 0.283 e. The van der Waals surface area contributed by atoms with Crippen LogP contribution in [0, 0.1) is 10.1 Å². The maximum absolute atomic E-state index is 11.2. The minimum Gasteiger partial charge on any atom is -0.399 e. The molecule has 7 heteroatoms. The summed E-state index contributed by atoms with van der Waals surface area (Å²) in [6.45, 7) is 0. The van der Waals surface area contributed by atoms with E-state index in [1.165, 1.54) is 31.2 Å². The van der Waals surface area contributed by atoms with E-state index in [2.05, 4.69) is 9.99 Å². The minimum atomic E-state index is -0.395. The molecular weight excluding hydrogens is 324 g/mol. The summed E-state index contributed by atoms with van der Waals surface area (Å²) in [6, 6.07) is 12.4. The molecule has 0 unspecified atom stereocenters. The van der Waals surface area contributed by atoms with Crippen LogP contribution in [0.2, 0.25) is 5.02 Å². The van der Waals surface area contributed by atoms with E-state index in [9.17, 15) is 10.1 Å². The molecule has 0 radical (unpaired) electrons. The van der Waals surface area contributed by atoms with Gasteiger partial charge in [-0.2, -0.15) is 0 Å². The summed E-state index contributed by atoms with van der Waals surface area (Å²) in [5.41, 5.74) is 1.72. The summed E-state index contributed by atoms with van der Waals surface area (Å²) in [4.78, 5) is 16.0. The third-order valence-corrected chi connectivity index (χ3v) is 4.18. The highest BCUT2D eigenvalue weighted by Gasteiger charge is 2.14. The third-order valence-electron chi connectivity index (χ3n) is 2.79. The maximum atomic E-state index is 11.2. The van der Waals surface area contributed by atoms with Crippen molar-refractivity contribution in [3.05, 3.63) is 68.7 Å². The second kappa shape index (κ2) is 7.82. The van der Waals surface area contributed by atoms with Crippen molar-refractivity contribution < 1.29 is 9.76 Å². The fourth-order valence-electron chi connectivity index (χ4n) is 1.73. The topological polar surface area (TPSA) is 64.7 Å². The highest BCUT2D eigenvalue weighted by molar-refractivity contribution is 7.98. The molecule has 114 valence electrons. The Bertz CT molecular complexity index is 690. The van der Waals surface area contributed by atoms with Gasteiger partial charge in [0.05, 0.1) is 16.0 Å². The molecule has 0 bridgehead atoms. The van der Waals surface area contributed by atoms with Crippen LogP contribution in [0.1, 0.15) is 11.1 Å². The molecular formula is C15H13ClN2O3S. The second-order valence-corrected chi connectivity index (χ2v) is 5.77. The number of halogens is 1. The molecule has 0 spiro atoms. The molecule has 0 amide bonds. The number of benzene rings is 2. The zero-order chi connectivity index (χ0) is 15.9. The van der Waals surface area contributed by atoms with Gasteiger partial charge in [0.2, 0.25) is 0 Å². The van der Waals surface area contributed by atoms with E-state index in [1.54, 1.807) is 24.3 Å². The number of oxime groups is 1. The zero-order valence-corrected chi connectivity index (χ0v) is 13.3. The van der Waals surface area contributed by atoms with Crippen molar-refractivity contribution in [2.24, 2.45) is 5.16 Å². The molecule has 0 fully saturated rings. The molecule has 5 nitrogen and oxygen atoms in total. The molecule has 0 atom stereocenters. The first-order valence-electron chi connectivity index (χ1n) is 6.32. The molecule has 0 aliphatic rings. The first-order valence-corrected chi connectivity index (χ1v) is 7.68. The van der Waals surface area contributed by atoms with Gasteiger partial charge < -0.3 is 4.84 Å². The van der Waals surface area contributed by atoms with Crippen LogP contribution < -0.4 is 0 Å². The van der Waals surface area contributed by atoms with Crippen LogP contribution in [0.5, 0.6) is 0 Å². The predicted octanol–water partition coefficient (Wildman–Crippen LogP) is 4.52. The number of thioether (sulfide) groups is 1. The summed E-state index contributed by atoms with van der Waals surface area (Å²) in [6.07, 6.45) is 1.43. The lowest BCUT2D eigenvalue weighted by molar-refractivity contribution is -0.387. The third kappa shape index (κ3) is 4.47. The SMILES string of the molecule is CON=Cc1ccc(SCc2ccc(Cl)cc2)c([N+](=O)[O-])c1. The molecule has 0 aliphatic heterocycles. The quantitative estimate of drug-likeness (QED) is 0.336. The van der Waals surface area contributed by atoms with Gasteiger partial charge in [-0.25, -0.2) is 0 Å². The summed E-state index contributed by atoms with van der Waals surface area (Å²) in [5.74, 6) is 0.628. The van der Waals surface area contributed by atoms with Crippen LogP contribution in [0.4, 0.5) is 5.69 Å². The van der Waals surface area contributed by atoms with E-state index in [4.69, 9.17) is 11.6 Å². The van der Waals surface area contributed by atoms with Crippen LogP contribution in [-0.4, -0.2) is 18.2 Å². The van der Waals surface area contributed by atoms with Gasteiger partial charge in [0.25, 0.3) is 5.69 Å². The van der Waals surface area contributed by atoms with Crippen molar-refractivity contribution in [2.75, 3.05) is 7.11 Å². The van der Waals surface area contributed by atoms with Crippen molar-refractivity contribution in [2.45, 2.75) is 10.6 Å². The highest BCUT2D eigenvalue weighted by Crippen LogP contribution is 2.32. The van der Waals surface area contributed by atoms with Gasteiger partial charge in [-0.3, -0.25) is 10.1 Å². The molecule has 2 aromatic carbocycles. The van der Waals surface area contributed by atoms with E-state index in [0.717, 1.165) is 5.56 Å². The van der Waals surface area contributed by atoms with Gasteiger partial charge in [-0.05, 0) is 23.8 Å². The molecule has 0 saturated carbocycles. The first kappa shape index (κ1) is 16.3. The van der Waals surface area contributed by atoms with E-state index in [-0.39, 0.29) is 5.69 Å². The Kier molecular flexibility index (Phi) is 5.80. The smallest absolute Gasteiger partial charge is 0.283 e. The van der Waals surface area contributed by atoms with Crippen LogP contribution in [0.3, 0.4) is 0 Å². The number of hydrogen-bond donors (Lipinski definition) is 0. The largest absolute Gasteiger partial charge is 0.399 e. The summed E-state index contributed by atoms with van der Waals surface area (Å²) < 4.78 is 0. The van der Waals surface area contributed by atoms with Crippen molar-refractivity contribution in [3.8, 4) is 0 Å². The first-order chi connectivity index (χ1) is 10.6. The Labute approximate surface area is 137 Å². The minimum absolute atomic E-state index is 0.0546.